The third-order valence-electron chi connectivity index (χ3n) is 2.01. The van der Waals surface area contributed by atoms with Crippen molar-refractivity contribution in [2.24, 2.45) is 0 Å². The van der Waals surface area contributed by atoms with Crippen LogP contribution in [0.2, 0.25) is 0 Å². The van der Waals surface area contributed by atoms with Crippen LogP contribution in [0.3, 0.4) is 0 Å². The Labute approximate surface area is 72.8 Å². The maximum atomic E-state index is 2.38. The van der Waals surface area contributed by atoms with Crippen molar-refractivity contribution in [3.05, 3.63) is 0 Å². The van der Waals surface area contributed by atoms with Crippen molar-refractivity contribution in [1.29, 1.82) is 0 Å². The SMILES string of the molecule is BN(CC)CCN(B)CCC. The Bertz CT molecular complexity index is 90.5. The quantitative estimate of drug-likeness (QED) is 0.458. The summed E-state index contributed by atoms with van der Waals surface area (Å²) in [5, 5.41) is 0. The van der Waals surface area contributed by atoms with Gasteiger partial charge in [-0.1, -0.05) is 13.8 Å². The van der Waals surface area contributed by atoms with Crippen molar-refractivity contribution in [1.82, 2.24) is 9.62 Å². The average molecular weight is 154 g/mol. The lowest BCUT2D eigenvalue weighted by atomic mass is 10.2. The van der Waals surface area contributed by atoms with E-state index in [2.05, 4.69) is 39.4 Å². The molecule has 0 saturated heterocycles. The molecule has 0 spiro atoms. The van der Waals surface area contributed by atoms with Gasteiger partial charge in [-0.25, -0.2) is 0 Å². The number of likely N-dealkylation sites (N-methyl/N-ethyl adjacent to an activating group) is 1. The van der Waals surface area contributed by atoms with Gasteiger partial charge in [0.2, 0.25) is 0 Å². The van der Waals surface area contributed by atoms with Gasteiger partial charge in [0.25, 0.3) is 0 Å². The molecule has 0 aromatic rings. The van der Waals surface area contributed by atoms with Crippen LogP contribution in [0.4, 0.5) is 0 Å². The lowest BCUT2D eigenvalue weighted by Crippen LogP contribution is -2.32. The van der Waals surface area contributed by atoms with E-state index in [1.54, 1.807) is 0 Å². The van der Waals surface area contributed by atoms with E-state index in [0.717, 1.165) is 6.54 Å². The summed E-state index contributed by atoms with van der Waals surface area (Å²) in [6.45, 7) is 9.17. The van der Waals surface area contributed by atoms with Crippen LogP contribution >= 0.6 is 0 Å². The fourth-order valence-corrected chi connectivity index (χ4v) is 0.993. The van der Waals surface area contributed by atoms with Crippen LogP contribution in [-0.4, -0.2) is 51.8 Å². The van der Waals surface area contributed by atoms with Gasteiger partial charge in [-0.15, -0.1) is 0 Å². The molecule has 0 saturated carbocycles. The second kappa shape index (κ2) is 6.74. The summed E-state index contributed by atoms with van der Waals surface area (Å²) in [5.41, 5.74) is 0. The first-order valence-corrected chi connectivity index (χ1v) is 4.57. The first-order valence-electron chi connectivity index (χ1n) is 4.57. The highest BCUT2D eigenvalue weighted by atomic mass is 15.1. The van der Waals surface area contributed by atoms with E-state index in [4.69, 9.17) is 0 Å². The molecule has 0 N–H and O–H groups in total. The maximum Gasteiger partial charge on any atom is 0.185 e. The molecule has 2 nitrogen and oxygen atoms in total. The summed E-state index contributed by atoms with van der Waals surface area (Å²) in [7, 11) is 4.35. The van der Waals surface area contributed by atoms with Crippen LogP contribution < -0.4 is 0 Å². The third kappa shape index (κ3) is 6.45. The molecule has 0 amide bonds. The summed E-state index contributed by atoms with van der Waals surface area (Å²) in [6, 6.07) is 0. The first kappa shape index (κ1) is 11.0. The Balaban J connectivity index is 3.22. The molecule has 64 valence electrons. The molecule has 4 heteroatoms. The lowest BCUT2D eigenvalue weighted by Gasteiger charge is -2.20. The van der Waals surface area contributed by atoms with Gasteiger partial charge < -0.3 is 9.62 Å². The molecule has 0 atom stereocenters. The van der Waals surface area contributed by atoms with Crippen molar-refractivity contribution in [2.75, 3.05) is 26.2 Å². The van der Waals surface area contributed by atoms with Gasteiger partial charge in [-0.3, -0.25) is 0 Å². The molecule has 0 aliphatic carbocycles. The standard InChI is InChI=1S/C7H20B2N2/c1-3-5-11(9)7-6-10(8)4-2/h3-9H2,1-2H3. The Morgan fingerprint density at radius 3 is 1.91 bits per heavy atom. The predicted molar refractivity (Wildman–Crippen MR) is 56.2 cm³/mol. The summed E-state index contributed by atoms with van der Waals surface area (Å²) >= 11 is 0. The Hall–Kier alpha value is 0.0499. The second-order valence-electron chi connectivity index (χ2n) is 3.20. The zero-order valence-electron chi connectivity index (χ0n) is 8.43. The van der Waals surface area contributed by atoms with Gasteiger partial charge in [0.05, 0.1) is 0 Å². The summed E-state index contributed by atoms with van der Waals surface area (Å²) in [5.74, 6) is 0. The van der Waals surface area contributed by atoms with E-state index in [1.807, 2.05) is 0 Å². The van der Waals surface area contributed by atoms with Gasteiger partial charge in [-0.2, -0.15) is 0 Å². The van der Waals surface area contributed by atoms with Crippen LogP contribution in [0.25, 0.3) is 0 Å². The molecule has 0 bridgehead atoms. The highest BCUT2D eigenvalue weighted by Gasteiger charge is 1.97. The molecular formula is C7H20B2N2. The van der Waals surface area contributed by atoms with Gasteiger partial charge in [0, 0.05) is 0 Å². The molecule has 0 fully saturated rings. The minimum atomic E-state index is 1.15. The van der Waals surface area contributed by atoms with Crippen molar-refractivity contribution in [2.45, 2.75) is 20.3 Å². The molecule has 0 radical (unpaired) electrons. The zero-order chi connectivity index (χ0) is 8.69. The molecule has 0 aromatic heterocycles. The first-order chi connectivity index (χ1) is 5.20. The Morgan fingerprint density at radius 1 is 0.909 bits per heavy atom. The minimum absolute atomic E-state index is 1.15. The van der Waals surface area contributed by atoms with E-state index in [1.165, 1.54) is 26.1 Å². The van der Waals surface area contributed by atoms with E-state index in [0.29, 0.717) is 0 Å². The van der Waals surface area contributed by atoms with Crippen molar-refractivity contribution in [3.8, 4) is 0 Å². The van der Waals surface area contributed by atoms with E-state index >= 15 is 0 Å². The highest BCUT2D eigenvalue weighted by Crippen LogP contribution is 1.86. The smallest absolute Gasteiger partial charge is 0.185 e. The Kier molecular flexibility index (Phi) is 6.77. The predicted octanol–water partition coefficient (Wildman–Crippen LogP) is -0.884. The maximum absolute atomic E-state index is 2.38. The van der Waals surface area contributed by atoms with Crippen molar-refractivity contribution >= 4 is 16.0 Å². The van der Waals surface area contributed by atoms with E-state index in [9.17, 15) is 0 Å². The van der Waals surface area contributed by atoms with Gasteiger partial charge in [-0.05, 0) is 32.6 Å². The van der Waals surface area contributed by atoms with Crippen molar-refractivity contribution in [3.63, 3.8) is 0 Å². The number of hydrogen-bond acceptors (Lipinski definition) is 2. The molecule has 0 heterocycles. The minimum Gasteiger partial charge on any atom is -0.348 e. The molecule has 0 aliphatic heterocycles. The normalized spacial score (nSPS) is 11.3. The Morgan fingerprint density at radius 2 is 1.45 bits per heavy atom. The summed E-state index contributed by atoms with van der Waals surface area (Å²) in [4.78, 5) is 4.72. The molecule has 0 unspecified atom stereocenters. The summed E-state index contributed by atoms with van der Waals surface area (Å²) < 4.78 is 0. The largest absolute Gasteiger partial charge is 0.348 e. The van der Waals surface area contributed by atoms with Gasteiger partial charge in [0.1, 0.15) is 0 Å². The fraction of sp³-hybridized carbons (Fsp3) is 1.00. The van der Waals surface area contributed by atoms with Crippen LogP contribution in [0.15, 0.2) is 0 Å². The third-order valence-corrected chi connectivity index (χ3v) is 2.01. The number of nitrogens with zero attached hydrogens (tertiary/aromatic N) is 2. The van der Waals surface area contributed by atoms with Gasteiger partial charge >= 0.3 is 0 Å². The zero-order valence-corrected chi connectivity index (χ0v) is 8.43. The van der Waals surface area contributed by atoms with Crippen LogP contribution in [-0.2, 0) is 0 Å². The van der Waals surface area contributed by atoms with Gasteiger partial charge in [0.15, 0.2) is 16.0 Å². The van der Waals surface area contributed by atoms with Crippen LogP contribution in [0, 0.1) is 0 Å². The lowest BCUT2D eigenvalue weighted by molar-refractivity contribution is 0.380. The second-order valence-corrected chi connectivity index (χ2v) is 3.20. The van der Waals surface area contributed by atoms with Crippen molar-refractivity contribution < 1.29 is 0 Å². The van der Waals surface area contributed by atoms with Crippen LogP contribution in [0.5, 0.6) is 0 Å². The summed E-state index contributed by atoms with van der Waals surface area (Å²) in [6.07, 6.45) is 1.26. The molecule has 0 aliphatic rings. The monoisotopic (exact) mass is 154 g/mol. The molecular weight excluding hydrogens is 134 g/mol. The van der Waals surface area contributed by atoms with E-state index in [-0.39, 0.29) is 0 Å². The molecule has 0 aromatic carbocycles. The topological polar surface area (TPSA) is 6.48 Å². The fourth-order valence-electron chi connectivity index (χ4n) is 0.993. The highest BCUT2D eigenvalue weighted by molar-refractivity contribution is 6.05. The van der Waals surface area contributed by atoms with E-state index < -0.39 is 0 Å². The average Bonchev–Trinajstić information content (AvgIpc) is 2.01. The van der Waals surface area contributed by atoms with Crippen LogP contribution in [0.1, 0.15) is 20.3 Å². The molecule has 0 rings (SSSR count). The molecule has 11 heavy (non-hydrogen) atoms. The number of rotatable bonds is 6. The number of hydrogen-bond donors (Lipinski definition) is 0.